The molecule has 78 valence electrons. The summed E-state index contributed by atoms with van der Waals surface area (Å²) in [6.07, 6.45) is 0. The van der Waals surface area contributed by atoms with Gasteiger partial charge in [-0.25, -0.2) is 0 Å². The normalized spacial score (nSPS) is 15.1. The Morgan fingerprint density at radius 2 is 2.00 bits per heavy atom. The molecular formula is C11H17BrN2. The van der Waals surface area contributed by atoms with Gasteiger partial charge in [0.2, 0.25) is 0 Å². The van der Waals surface area contributed by atoms with Crippen molar-refractivity contribution in [3.8, 4) is 0 Å². The molecule has 1 unspecified atom stereocenters. The standard InChI is InChI=1S/C11H17BrN2/c1-8(7-13)14-9(2)10-5-3-4-6-11(10)12/h3-6,8-9,14H,7,13H2,1-2H3/t8?,9-/m0/s1. The maximum atomic E-state index is 5.56. The van der Waals surface area contributed by atoms with Crippen molar-refractivity contribution in [2.75, 3.05) is 6.54 Å². The van der Waals surface area contributed by atoms with Gasteiger partial charge in [-0.05, 0) is 25.5 Å². The van der Waals surface area contributed by atoms with Crippen LogP contribution in [-0.4, -0.2) is 12.6 Å². The number of halogens is 1. The molecule has 0 radical (unpaired) electrons. The molecule has 0 aliphatic heterocycles. The highest BCUT2D eigenvalue weighted by Crippen LogP contribution is 2.22. The van der Waals surface area contributed by atoms with Crippen LogP contribution in [0.4, 0.5) is 0 Å². The van der Waals surface area contributed by atoms with Gasteiger partial charge in [0.05, 0.1) is 0 Å². The predicted molar refractivity (Wildman–Crippen MR) is 64.2 cm³/mol. The number of benzene rings is 1. The molecule has 0 aliphatic carbocycles. The third kappa shape index (κ3) is 3.08. The van der Waals surface area contributed by atoms with Crippen LogP contribution in [0.5, 0.6) is 0 Å². The van der Waals surface area contributed by atoms with Crippen molar-refractivity contribution in [1.82, 2.24) is 5.32 Å². The first-order chi connectivity index (χ1) is 6.65. The van der Waals surface area contributed by atoms with Crippen LogP contribution in [-0.2, 0) is 0 Å². The maximum Gasteiger partial charge on any atom is 0.0305 e. The number of hydrogen-bond acceptors (Lipinski definition) is 2. The molecule has 2 atom stereocenters. The minimum Gasteiger partial charge on any atom is -0.329 e. The molecule has 2 nitrogen and oxygen atoms in total. The second kappa shape index (κ2) is 5.49. The molecule has 0 aromatic heterocycles. The van der Waals surface area contributed by atoms with Crippen LogP contribution in [0, 0.1) is 0 Å². The van der Waals surface area contributed by atoms with E-state index in [1.165, 1.54) is 5.56 Å². The summed E-state index contributed by atoms with van der Waals surface area (Å²) in [5, 5.41) is 3.43. The molecule has 1 aromatic rings. The zero-order valence-corrected chi connectivity index (χ0v) is 10.2. The maximum absolute atomic E-state index is 5.56. The number of nitrogens with two attached hydrogens (primary N) is 1. The van der Waals surface area contributed by atoms with E-state index < -0.39 is 0 Å². The fourth-order valence-electron chi connectivity index (χ4n) is 1.41. The average Bonchev–Trinajstić information content (AvgIpc) is 2.18. The van der Waals surface area contributed by atoms with E-state index >= 15 is 0 Å². The Morgan fingerprint density at radius 3 is 2.57 bits per heavy atom. The van der Waals surface area contributed by atoms with Crippen molar-refractivity contribution in [3.05, 3.63) is 34.3 Å². The molecule has 0 spiro atoms. The average molecular weight is 257 g/mol. The molecule has 3 N–H and O–H groups in total. The fraction of sp³-hybridized carbons (Fsp3) is 0.455. The number of nitrogens with one attached hydrogen (secondary N) is 1. The van der Waals surface area contributed by atoms with E-state index in [1.807, 2.05) is 12.1 Å². The molecule has 1 rings (SSSR count). The summed E-state index contributed by atoms with van der Waals surface area (Å²) in [5.74, 6) is 0. The fourth-order valence-corrected chi connectivity index (χ4v) is 2.04. The molecule has 0 fully saturated rings. The Bertz CT molecular complexity index is 288. The van der Waals surface area contributed by atoms with Crippen LogP contribution < -0.4 is 11.1 Å². The second-order valence-electron chi connectivity index (χ2n) is 3.55. The third-order valence-corrected chi connectivity index (χ3v) is 2.98. The third-order valence-electron chi connectivity index (χ3n) is 2.26. The molecular weight excluding hydrogens is 240 g/mol. The van der Waals surface area contributed by atoms with Crippen LogP contribution in [0.25, 0.3) is 0 Å². The molecule has 0 aliphatic rings. The highest BCUT2D eigenvalue weighted by molar-refractivity contribution is 9.10. The van der Waals surface area contributed by atoms with Crippen LogP contribution in [0.1, 0.15) is 25.5 Å². The van der Waals surface area contributed by atoms with Crippen LogP contribution >= 0.6 is 15.9 Å². The highest BCUT2D eigenvalue weighted by atomic mass is 79.9. The van der Waals surface area contributed by atoms with Crippen molar-refractivity contribution in [2.45, 2.75) is 25.9 Å². The van der Waals surface area contributed by atoms with E-state index in [0.717, 1.165) is 4.47 Å². The summed E-state index contributed by atoms with van der Waals surface area (Å²) in [5.41, 5.74) is 6.83. The number of hydrogen-bond donors (Lipinski definition) is 2. The molecule has 0 saturated heterocycles. The Hall–Kier alpha value is -0.380. The highest BCUT2D eigenvalue weighted by Gasteiger charge is 2.10. The van der Waals surface area contributed by atoms with Crippen molar-refractivity contribution >= 4 is 15.9 Å². The quantitative estimate of drug-likeness (QED) is 0.869. The minimum atomic E-state index is 0.323. The largest absolute Gasteiger partial charge is 0.329 e. The van der Waals surface area contributed by atoms with Crippen molar-refractivity contribution in [1.29, 1.82) is 0 Å². The van der Waals surface area contributed by atoms with Crippen LogP contribution in [0.2, 0.25) is 0 Å². The molecule has 0 saturated carbocycles. The van der Waals surface area contributed by atoms with E-state index in [1.54, 1.807) is 0 Å². The van der Waals surface area contributed by atoms with Gasteiger partial charge in [-0.15, -0.1) is 0 Å². The lowest BCUT2D eigenvalue weighted by Gasteiger charge is -2.20. The van der Waals surface area contributed by atoms with Gasteiger partial charge in [-0.3, -0.25) is 0 Å². The summed E-state index contributed by atoms with van der Waals surface area (Å²) in [7, 11) is 0. The molecule has 3 heteroatoms. The van der Waals surface area contributed by atoms with Crippen LogP contribution in [0.3, 0.4) is 0 Å². The lowest BCUT2D eigenvalue weighted by atomic mass is 10.1. The minimum absolute atomic E-state index is 0.323. The topological polar surface area (TPSA) is 38.0 Å². The molecule has 0 amide bonds. The van der Waals surface area contributed by atoms with Gasteiger partial charge in [0.1, 0.15) is 0 Å². The summed E-state index contributed by atoms with van der Waals surface area (Å²) in [4.78, 5) is 0. The van der Waals surface area contributed by atoms with Gasteiger partial charge in [0, 0.05) is 23.1 Å². The monoisotopic (exact) mass is 256 g/mol. The van der Waals surface area contributed by atoms with E-state index in [9.17, 15) is 0 Å². The van der Waals surface area contributed by atoms with Crippen molar-refractivity contribution in [3.63, 3.8) is 0 Å². The smallest absolute Gasteiger partial charge is 0.0305 e. The Balaban J connectivity index is 2.69. The molecule has 1 aromatic carbocycles. The summed E-state index contributed by atoms with van der Waals surface area (Å²) in [6.45, 7) is 4.90. The van der Waals surface area contributed by atoms with E-state index in [2.05, 4.69) is 47.2 Å². The number of rotatable bonds is 4. The van der Waals surface area contributed by atoms with Crippen molar-refractivity contribution in [2.24, 2.45) is 5.73 Å². The van der Waals surface area contributed by atoms with E-state index in [0.29, 0.717) is 18.6 Å². The summed E-state index contributed by atoms with van der Waals surface area (Å²) in [6, 6.07) is 8.91. The van der Waals surface area contributed by atoms with E-state index in [-0.39, 0.29) is 0 Å². The van der Waals surface area contributed by atoms with E-state index in [4.69, 9.17) is 5.73 Å². The van der Waals surface area contributed by atoms with Gasteiger partial charge in [-0.2, -0.15) is 0 Å². The van der Waals surface area contributed by atoms with Gasteiger partial charge in [0.25, 0.3) is 0 Å². The summed E-state index contributed by atoms with van der Waals surface area (Å²) >= 11 is 3.54. The Morgan fingerprint density at radius 1 is 1.36 bits per heavy atom. The Labute approximate surface area is 94.0 Å². The zero-order valence-electron chi connectivity index (χ0n) is 8.63. The first-order valence-electron chi connectivity index (χ1n) is 4.85. The van der Waals surface area contributed by atoms with Gasteiger partial charge in [-0.1, -0.05) is 34.1 Å². The molecule has 0 bridgehead atoms. The SMILES string of the molecule is CC(CN)N[C@@H](C)c1ccccc1Br. The molecule has 0 heterocycles. The lowest BCUT2D eigenvalue weighted by molar-refractivity contribution is 0.484. The van der Waals surface area contributed by atoms with Crippen LogP contribution in [0.15, 0.2) is 28.7 Å². The first-order valence-corrected chi connectivity index (χ1v) is 5.65. The first kappa shape index (κ1) is 11.7. The predicted octanol–water partition coefficient (Wildman–Crippen LogP) is 2.45. The van der Waals surface area contributed by atoms with Crippen molar-refractivity contribution < 1.29 is 0 Å². The lowest BCUT2D eigenvalue weighted by Crippen LogP contribution is -2.35. The van der Waals surface area contributed by atoms with Gasteiger partial charge in [0.15, 0.2) is 0 Å². The Kier molecular flexibility index (Phi) is 4.58. The zero-order chi connectivity index (χ0) is 10.6. The second-order valence-corrected chi connectivity index (χ2v) is 4.40. The van der Waals surface area contributed by atoms with Gasteiger partial charge < -0.3 is 11.1 Å². The van der Waals surface area contributed by atoms with Gasteiger partial charge >= 0.3 is 0 Å². The summed E-state index contributed by atoms with van der Waals surface area (Å²) < 4.78 is 1.14. The molecule has 14 heavy (non-hydrogen) atoms.